The molecular formula is C18H27N3O4. The topological polar surface area (TPSA) is 84.7 Å². The van der Waals surface area contributed by atoms with Gasteiger partial charge < -0.3 is 19.5 Å². The molecule has 1 aromatic rings. The minimum atomic E-state index is -0.502. The van der Waals surface area contributed by atoms with Gasteiger partial charge in [0.15, 0.2) is 5.69 Å². The molecule has 1 aromatic heterocycles. The van der Waals surface area contributed by atoms with E-state index in [1.54, 1.807) is 11.0 Å². The number of aromatic nitrogens is 1. The number of hydrogen-bond donors (Lipinski definition) is 1. The van der Waals surface area contributed by atoms with Crippen LogP contribution in [0.25, 0.3) is 0 Å². The number of likely N-dealkylation sites (tertiary alicyclic amines) is 1. The van der Waals surface area contributed by atoms with Gasteiger partial charge in [0, 0.05) is 31.1 Å². The van der Waals surface area contributed by atoms with Crippen molar-refractivity contribution in [1.82, 2.24) is 15.4 Å². The van der Waals surface area contributed by atoms with Crippen LogP contribution in [0.3, 0.4) is 0 Å². The Hall–Kier alpha value is -2.05. The van der Waals surface area contributed by atoms with Gasteiger partial charge in [0.2, 0.25) is 0 Å². The Balaban J connectivity index is 1.52. The Bertz CT molecular complexity index is 645. The van der Waals surface area contributed by atoms with E-state index in [-0.39, 0.29) is 24.0 Å². The van der Waals surface area contributed by atoms with Crippen molar-refractivity contribution in [2.75, 3.05) is 13.1 Å². The Labute approximate surface area is 148 Å². The first-order valence-electron chi connectivity index (χ1n) is 8.98. The number of carbonyl (C=O) groups excluding carboxylic acids is 2. The maximum atomic E-state index is 12.4. The van der Waals surface area contributed by atoms with Crippen LogP contribution in [0.1, 0.15) is 69.1 Å². The molecule has 0 aromatic carbocycles. The SMILES string of the molecule is C[C@H]1CN(C(=O)OC(C)(C)C)CC[C@H]1NC(=O)c1cc(C2CC2)on1. The fourth-order valence-electron chi connectivity index (χ4n) is 3.05. The lowest BCUT2D eigenvalue weighted by Gasteiger charge is -2.37. The first-order valence-corrected chi connectivity index (χ1v) is 8.98. The molecule has 2 atom stereocenters. The number of amides is 2. The molecule has 1 saturated heterocycles. The van der Waals surface area contributed by atoms with Crippen LogP contribution < -0.4 is 5.32 Å². The highest BCUT2D eigenvalue weighted by Crippen LogP contribution is 2.40. The zero-order valence-corrected chi connectivity index (χ0v) is 15.4. The Morgan fingerprint density at radius 1 is 1.32 bits per heavy atom. The highest BCUT2D eigenvalue weighted by Gasteiger charge is 2.33. The van der Waals surface area contributed by atoms with Crippen molar-refractivity contribution in [2.24, 2.45) is 5.92 Å². The second kappa shape index (κ2) is 6.69. The smallest absolute Gasteiger partial charge is 0.410 e. The second-order valence-corrected chi connectivity index (χ2v) is 8.16. The summed E-state index contributed by atoms with van der Waals surface area (Å²) in [6.45, 7) is 8.72. The third-order valence-corrected chi connectivity index (χ3v) is 4.61. The molecule has 0 unspecified atom stereocenters. The van der Waals surface area contributed by atoms with E-state index in [4.69, 9.17) is 9.26 Å². The van der Waals surface area contributed by atoms with Gasteiger partial charge in [0.05, 0.1) is 0 Å². The van der Waals surface area contributed by atoms with Gasteiger partial charge in [0.25, 0.3) is 5.91 Å². The summed E-state index contributed by atoms with van der Waals surface area (Å²) in [6.07, 6.45) is 2.61. The van der Waals surface area contributed by atoms with Crippen molar-refractivity contribution in [3.05, 3.63) is 17.5 Å². The van der Waals surface area contributed by atoms with Crippen molar-refractivity contribution in [1.29, 1.82) is 0 Å². The predicted molar refractivity (Wildman–Crippen MR) is 91.3 cm³/mol. The Morgan fingerprint density at radius 3 is 2.64 bits per heavy atom. The van der Waals surface area contributed by atoms with Crippen LogP contribution >= 0.6 is 0 Å². The van der Waals surface area contributed by atoms with E-state index in [2.05, 4.69) is 10.5 Å². The number of piperidine rings is 1. The summed E-state index contributed by atoms with van der Waals surface area (Å²) < 4.78 is 10.7. The lowest BCUT2D eigenvalue weighted by atomic mass is 9.94. The van der Waals surface area contributed by atoms with E-state index in [0.717, 1.165) is 18.6 Å². The molecule has 2 heterocycles. The zero-order valence-electron chi connectivity index (χ0n) is 15.4. The van der Waals surface area contributed by atoms with Crippen LogP contribution in [0.15, 0.2) is 10.6 Å². The van der Waals surface area contributed by atoms with E-state index < -0.39 is 5.60 Å². The van der Waals surface area contributed by atoms with Crippen molar-refractivity contribution in [2.45, 2.75) is 64.5 Å². The van der Waals surface area contributed by atoms with Crippen LogP contribution in [0, 0.1) is 5.92 Å². The summed E-state index contributed by atoms with van der Waals surface area (Å²) in [6, 6.07) is 1.75. The first kappa shape index (κ1) is 17.8. The second-order valence-electron chi connectivity index (χ2n) is 8.16. The average molecular weight is 349 g/mol. The van der Waals surface area contributed by atoms with Gasteiger partial charge in [-0.05, 0) is 46.0 Å². The molecule has 1 aliphatic heterocycles. The maximum Gasteiger partial charge on any atom is 0.410 e. The number of nitrogens with one attached hydrogen (secondary N) is 1. The molecule has 0 radical (unpaired) electrons. The van der Waals surface area contributed by atoms with E-state index in [9.17, 15) is 9.59 Å². The summed E-state index contributed by atoms with van der Waals surface area (Å²) >= 11 is 0. The van der Waals surface area contributed by atoms with Gasteiger partial charge >= 0.3 is 6.09 Å². The molecule has 1 aliphatic carbocycles. The maximum absolute atomic E-state index is 12.4. The molecule has 7 heteroatoms. The molecule has 7 nitrogen and oxygen atoms in total. The lowest BCUT2D eigenvalue weighted by Crippen LogP contribution is -2.52. The van der Waals surface area contributed by atoms with Gasteiger partial charge in [-0.25, -0.2) is 4.79 Å². The van der Waals surface area contributed by atoms with Crippen molar-refractivity contribution >= 4 is 12.0 Å². The van der Waals surface area contributed by atoms with Crippen LogP contribution in [-0.2, 0) is 4.74 Å². The summed E-state index contributed by atoms with van der Waals surface area (Å²) in [5.74, 6) is 1.17. The molecule has 1 saturated carbocycles. The number of ether oxygens (including phenoxy) is 1. The fourth-order valence-corrected chi connectivity index (χ4v) is 3.05. The quantitative estimate of drug-likeness (QED) is 0.907. The average Bonchev–Trinajstić information content (AvgIpc) is 3.24. The molecule has 0 spiro atoms. The van der Waals surface area contributed by atoms with Gasteiger partial charge in [-0.15, -0.1) is 0 Å². The molecule has 1 N–H and O–H groups in total. The normalized spacial score (nSPS) is 24.1. The molecule has 138 valence electrons. The van der Waals surface area contributed by atoms with Gasteiger partial charge in [-0.3, -0.25) is 4.79 Å². The van der Waals surface area contributed by atoms with Gasteiger partial charge in [-0.2, -0.15) is 0 Å². The lowest BCUT2D eigenvalue weighted by molar-refractivity contribution is 0.0145. The summed E-state index contributed by atoms with van der Waals surface area (Å²) in [5.41, 5.74) is -0.166. The van der Waals surface area contributed by atoms with Crippen LogP contribution in [0.4, 0.5) is 4.79 Å². The van der Waals surface area contributed by atoms with Gasteiger partial charge in [0.1, 0.15) is 11.4 Å². The fraction of sp³-hybridized carbons (Fsp3) is 0.722. The molecule has 25 heavy (non-hydrogen) atoms. The highest BCUT2D eigenvalue weighted by molar-refractivity contribution is 5.92. The van der Waals surface area contributed by atoms with Crippen molar-refractivity contribution < 1.29 is 18.8 Å². The van der Waals surface area contributed by atoms with Gasteiger partial charge in [-0.1, -0.05) is 12.1 Å². The summed E-state index contributed by atoms with van der Waals surface area (Å²) in [7, 11) is 0. The molecule has 2 aliphatic rings. The number of hydrogen-bond acceptors (Lipinski definition) is 5. The van der Waals surface area contributed by atoms with E-state index in [0.29, 0.717) is 31.1 Å². The number of rotatable bonds is 3. The molecule has 2 fully saturated rings. The summed E-state index contributed by atoms with van der Waals surface area (Å²) in [4.78, 5) is 26.3. The third kappa shape index (κ3) is 4.52. The summed E-state index contributed by atoms with van der Waals surface area (Å²) in [5, 5.41) is 6.90. The predicted octanol–water partition coefficient (Wildman–Crippen LogP) is 2.93. The monoisotopic (exact) mass is 349 g/mol. The highest BCUT2D eigenvalue weighted by atomic mass is 16.6. The zero-order chi connectivity index (χ0) is 18.2. The minimum absolute atomic E-state index is 0.00672. The third-order valence-electron chi connectivity index (χ3n) is 4.61. The largest absolute Gasteiger partial charge is 0.444 e. The minimum Gasteiger partial charge on any atom is -0.444 e. The number of nitrogens with zero attached hydrogens (tertiary/aromatic N) is 2. The van der Waals surface area contributed by atoms with Crippen LogP contribution in [-0.4, -0.2) is 46.8 Å². The van der Waals surface area contributed by atoms with Crippen molar-refractivity contribution in [3.8, 4) is 0 Å². The van der Waals surface area contributed by atoms with E-state index in [1.165, 1.54) is 0 Å². The Kier molecular flexibility index (Phi) is 4.75. The molecule has 0 bridgehead atoms. The standard InChI is InChI=1S/C18H27N3O4/c1-11-10-21(17(23)24-18(2,3)4)8-7-13(11)19-16(22)14-9-15(25-20-14)12-5-6-12/h9,11-13H,5-8,10H2,1-4H3,(H,19,22)/t11-,13+/m0/s1. The van der Waals surface area contributed by atoms with Crippen LogP contribution in [0.5, 0.6) is 0 Å². The van der Waals surface area contributed by atoms with Crippen LogP contribution in [0.2, 0.25) is 0 Å². The molecule has 3 rings (SSSR count). The Morgan fingerprint density at radius 2 is 2.04 bits per heavy atom. The van der Waals surface area contributed by atoms with Crippen molar-refractivity contribution in [3.63, 3.8) is 0 Å². The van der Waals surface area contributed by atoms with E-state index in [1.807, 2.05) is 27.7 Å². The first-order chi connectivity index (χ1) is 11.7. The number of carbonyl (C=O) groups is 2. The molecule has 2 amide bonds. The van der Waals surface area contributed by atoms with E-state index >= 15 is 0 Å². The molecular weight excluding hydrogens is 322 g/mol.